The number of rotatable bonds is 32. The summed E-state index contributed by atoms with van der Waals surface area (Å²) in [5, 5.41) is 9.52. The largest absolute Gasteiger partial charge is 0.462 e. The second-order valence-electron chi connectivity index (χ2n) is 11.9. The van der Waals surface area contributed by atoms with E-state index in [1.165, 1.54) is 77.0 Å². The highest BCUT2D eigenvalue weighted by Crippen LogP contribution is 2.14. The Labute approximate surface area is 271 Å². The van der Waals surface area contributed by atoms with Gasteiger partial charge in [0.25, 0.3) is 0 Å². The summed E-state index contributed by atoms with van der Waals surface area (Å²) >= 11 is 0. The molecule has 254 valence electrons. The Morgan fingerprint density at radius 1 is 0.545 bits per heavy atom. The van der Waals surface area contributed by atoms with Crippen LogP contribution in [0, 0.1) is 0 Å². The van der Waals surface area contributed by atoms with Crippen LogP contribution in [0.1, 0.15) is 168 Å². The van der Waals surface area contributed by atoms with E-state index in [1.54, 1.807) is 0 Å². The normalized spacial score (nSPS) is 12.7. The SMILES string of the molecule is CC/C=C\C/C=C\C/C=C\C/C=C\CCCCC(=O)OC(CO)COC(=O)CCCCCCCCCCCCCCCCC. The standard InChI is InChI=1S/C39H68O5/c1-3-5-7-9-11-13-15-17-19-21-23-25-27-29-31-33-38(41)43-36-37(35-40)44-39(42)34-32-30-28-26-24-22-20-18-16-14-12-10-8-6-4-2/h6,8,12,14,18,20,24,26,37,40H,3-5,7,9-11,13,15-17,19,21-23,25,27-36H2,1-2H3/b8-6-,14-12-,20-18-,26-24-. The number of ether oxygens (including phenoxy) is 2. The van der Waals surface area contributed by atoms with E-state index in [0.717, 1.165) is 64.2 Å². The Morgan fingerprint density at radius 2 is 0.977 bits per heavy atom. The summed E-state index contributed by atoms with van der Waals surface area (Å²) < 4.78 is 10.5. The van der Waals surface area contributed by atoms with Crippen molar-refractivity contribution in [2.75, 3.05) is 13.2 Å². The average molecular weight is 617 g/mol. The quantitative estimate of drug-likeness (QED) is 0.0462. The molecule has 0 bridgehead atoms. The molecule has 5 nitrogen and oxygen atoms in total. The first-order chi connectivity index (χ1) is 21.6. The molecule has 0 aliphatic carbocycles. The van der Waals surface area contributed by atoms with Crippen molar-refractivity contribution in [1.82, 2.24) is 0 Å². The zero-order chi connectivity index (χ0) is 32.2. The summed E-state index contributed by atoms with van der Waals surface area (Å²) in [6, 6.07) is 0. The van der Waals surface area contributed by atoms with Crippen molar-refractivity contribution in [1.29, 1.82) is 0 Å². The van der Waals surface area contributed by atoms with Crippen LogP contribution in [0.4, 0.5) is 0 Å². The van der Waals surface area contributed by atoms with E-state index >= 15 is 0 Å². The maximum atomic E-state index is 12.1. The van der Waals surface area contributed by atoms with Gasteiger partial charge in [-0.2, -0.15) is 0 Å². The van der Waals surface area contributed by atoms with Crippen molar-refractivity contribution in [3.05, 3.63) is 48.6 Å². The van der Waals surface area contributed by atoms with Crippen molar-refractivity contribution >= 4 is 11.9 Å². The summed E-state index contributed by atoms with van der Waals surface area (Å²) in [7, 11) is 0. The Bertz CT molecular complexity index is 752. The highest BCUT2D eigenvalue weighted by Gasteiger charge is 2.16. The van der Waals surface area contributed by atoms with Gasteiger partial charge in [-0.25, -0.2) is 0 Å². The fourth-order valence-electron chi connectivity index (χ4n) is 4.90. The lowest BCUT2D eigenvalue weighted by atomic mass is 10.0. The molecule has 0 aliphatic rings. The lowest BCUT2D eigenvalue weighted by molar-refractivity contribution is -0.161. The summed E-state index contributed by atoms with van der Waals surface area (Å²) in [5.74, 6) is -0.639. The molecule has 0 aromatic rings. The van der Waals surface area contributed by atoms with Crippen LogP contribution in [0.25, 0.3) is 0 Å². The van der Waals surface area contributed by atoms with Crippen molar-refractivity contribution < 1.29 is 24.2 Å². The molecular formula is C39H68O5. The van der Waals surface area contributed by atoms with Crippen LogP contribution in [0.2, 0.25) is 0 Å². The Hall–Kier alpha value is -2.14. The zero-order valence-electron chi connectivity index (χ0n) is 28.7. The predicted molar refractivity (Wildman–Crippen MR) is 187 cm³/mol. The number of carbonyl (C=O) groups excluding carboxylic acids is 2. The minimum atomic E-state index is -0.790. The number of aliphatic hydroxyl groups is 1. The van der Waals surface area contributed by atoms with E-state index in [2.05, 4.69) is 62.5 Å². The molecule has 5 heteroatoms. The second kappa shape index (κ2) is 35.3. The molecule has 1 unspecified atom stereocenters. The molecule has 1 atom stereocenters. The molecule has 0 fully saturated rings. The molecule has 0 amide bonds. The molecule has 0 aromatic heterocycles. The van der Waals surface area contributed by atoms with Gasteiger partial charge in [0.15, 0.2) is 6.10 Å². The minimum Gasteiger partial charge on any atom is -0.462 e. The van der Waals surface area contributed by atoms with Crippen LogP contribution < -0.4 is 0 Å². The zero-order valence-corrected chi connectivity index (χ0v) is 28.7. The first-order valence-electron chi connectivity index (χ1n) is 18.2. The van der Waals surface area contributed by atoms with Gasteiger partial charge in [0, 0.05) is 12.8 Å². The average Bonchev–Trinajstić information content (AvgIpc) is 3.02. The van der Waals surface area contributed by atoms with Crippen LogP contribution in [0.5, 0.6) is 0 Å². The molecular weight excluding hydrogens is 548 g/mol. The topological polar surface area (TPSA) is 72.8 Å². The summed E-state index contributed by atoms with van der Waals surface area (Å²) in [4.78, 5) is 24.2. The first-order valence-corrected chi connectivity index (χ1v) is 18.2. The Kier molecular flexibility index (Phi) is 33.6. The molecule has 0 heterocycles. The van der Waals surface area contributed by atoms with Crippen molar-refractivity contribution in [3.63, 3.8) is 0 Å². The molecule has 0 aliphatic heterocycles. The van der Waals surface area contributed by atoms with E-state index < -0.39 is 6.10 Å². The molecule has 1 N–H and O–H groups in total. The van der Waals surface area contributed by atoms with Crippen molar-refractivity contribution in [2.45, 2.75) is 174 Å². The molecule has 0 aromatic carbocycles. The monoisotopic (exact) mass is 617 g/mol. The molecule has 0 radical (unpaired) electrons. The minimum absolute atomic E-state index is 0.0816. The van der Waals surface area contributed by atoms with Gasteiger partial charge >= 0.3 is 11.9 Å². The van der Waals surface area contributed by atoms with Crippen LogP contribution >= 0.6 is 0 Å². The number of unbranched alkanes of at least 4 members (excludes halogenated alkanes) is 16. The van der Waals surface area contributed by atoms with E-state index in [1.807, 2.05) is 0 Å². The number of hydrogen-bond acceptors (Lipinski definition) is 5. The molecule has 44 heavy (non-hydrogen) atoms. The van der Waals surface area contributed by atoms with Crippen LogP contribution in [0.3, 0.4) is 0 Å². The van der Waals surface area contributed by atoms with Crippen LogP contribution in [-0.2, 0) is 19.1 Å². The van der Waals surface area contributed by atoms with Crippen molar-refractivity contribution in [2.24, 2.45) is 0 Å². The second-order valence-corrected chi connectivity index (χ2v) is 11.9. The molecule has 0 spiro atoms. The van der Waals surface area contributed by atoms with E-state index in [9.17, 15) is 14.7 Å². The van der Waals surface area contributed by atoms with Crippen LogP contribution in [0.15, 0.2) is 48.6 Å². The van der Waals surface area contributed by atoms with E-state index in [-0.39, 0.29) is 25.2 Å². The first kappa shape index (κ1) is 41.9. The van der Waals surface area contributed by atoms with Gasteiger partial charge < -0.3 is 14.6 Å². The third-order valence-electron chi connectivity index (χ3n) is 7.64. The summed E-state index contributed by atoms with van der Waals surface area (Å²) in [6.45, 7) is 3.98. The van der Waals surface area contributed by atoms with Gasteiger partial charge in [0.2, 0.25) is 0 Å². The van der Waals surface area contributed by atoms with Crippen LogP contribution in [-0.4, -0.2) is 36.4 Å². The van der Waals surface area contributed by atoms with Gasteiger partial charge in [-0.1, -0.05) is 152 Å². The summed E-state index contributed by atoms with van der Waals surface area (Å²) in [6.07, 6.45) is 43.1. The third kappa shape index (κ3) is 32.8. The number of carbonyl (C=O) groups is 2. The lowest BCUT2D eigenvalue weighted by Crippen LogP contribution is -2.28. The molecule has 0 saturated carbocycles. The van der Waals surface area contributed by atoms with Gasteiger partial charge in [-0.05, 0) is 51.4 Å². The Morgan fingerprint density at radius 3 is 1.48 bits per heavy atom. The maximum Gasteiger partial charge on any atom is 0.306 e. The van der Waals surface area contributed by atoms with E-state index in [0.29, 0.717) is 12.8 Å². The number of esters is 2. The van der Waals surface area contributed by atoms with E-state index in [4.69, 9.17) is 9.47 Å². The fraction of sp³-hybridized carbons (Fsp3) is 0.744. The fourth-order valence-corrected chi connectivity index (χ4v) is 4.90. The lowest BCUT2D eigenvalue weighted by Gasteiger charge is -2.15. The molecule has 0 saturated heterocycles. The van der Waals surface area contributed by atoms with Crippen molar-refractivity contribution in [3.8, 4) is 0 Å². The van der Waals surface area contributed by atoms with Gasteiger partial charge in [-0.3, -0.25) is 9.59 Å². The predicted octanol–water partition coefficient (Wildman–Crippen LogP) is 11.1. The molecule has 0 rings (SSSR count). The summed E-state index contributed by atoms with van der Waals surface area (Å²) in [5.41, 5.74) is 0. The van der Waals surface area contributed by atoms with Gasteiger partial charge in [0.05, 0.1) is 6.61 Å². The highest BCUT2D eigenvalue weighted by molar-refractivity contribution is 5.70. The third-order valence-corrected chi connectivity index (χ3v) is 7.64. The number of aliphatic hydroxyl groups excluding tert-OH is 1. The maximum absolute atomic E-state index is 12.1. The number of hydrogen-bond donors (Lipinski definition) is 1. The highest BCUT2D eigenvalue weighted by atomic mass is 16.6. The van der Waals surface area contributed by atoms with Gasteiger partial charge in [-0.15, -0.1) is 0 Å². The Balaban J connectivity index is 3.64. The number of allylic oxidation sites excluding steroid dienone is 8. The van der Waals surface area contributed by atoms with Gasteiger partial charge in [0.1, 0.15) is 6.61 Å². The smallest absolute Gasteiger partial charge is 0.306 e.